The highest BCUT2D eigenvalue weighted by Gasteiger charge is 2.18. The molecule has 0 aliphatic heterocycles. The first-order valence-corrected chi connectivity index (χ1v) is 9.55. The standard InChI is InChI=1S/C20H21Cl3N2O/c1-24(2)10-6-8-14-13-7-4-5-9-18(13)25(3)20(14)26-19-12-16(22)15(21)11-17(19)23/h4-5,7,9,11-12H,6,8,10H2,1-3H3. The summed E-state index contributed by atoms with van der Waals surface area (Å²) in [5.41, 5.74) is 2.30. The van der Waals surface area contributed by atoms with Crippen LogP contribution in [0.5, 0.6) is 11.6 Å². The maximum atomic E-state index is 6.32. The van der Waals surface area contributed by atoms with Gasteiger partial charge in [0.1, 0.15) is 5.75 Å². The molecule has 3 rings (SSSR count). The molecule has 0 bridgehead atoms. The van der Waals surface area contributed by atoms with Gasteiger partial charge in [-0.1, -0.05) is 53.0 Å². The van der Waals surface area contributed by atoms with E-state index in [1.54, 1.807) is 12.1 Å². The molecule has 1 aromatic heterocycles. The maximum Gasteiger partial charge on any atom is 0.204 e. The summed E-state index contributed by atoms with van der Waals surface area (Å²) in [5.74, 6) is 1.28. The van der Waals surface area contributed by atoms with Crippen molar-refractivity contribution in [2.75, 3.05) is 20.6 Å². The topological polar surface area (TPSA) is 17.4 Å². The minimum absolute atomic E-state index is 0.410. The van der Waals surface area contributed by atoms with Gasteiger partial charge in [-0.05, 0) is 45.6 Å². The fourth-order valence-electron chi connectivity index (χ4n) is 3.08. The number of hydrogen-bond acceptors (Lipinski definition) is 2. The van der Waals surface area contributed by atoms with Crippen LogP contribution >= 0.6 is 34.8 Å². The average Bonchev–Trinajstić information content (AvgIpc) is 2.85. The van der Waals surface area contributed by atoms with Gasteiger partial charge in [-0.3, -0.25) is 0 Å². The number of fused-ring (bicyclic) bond motifs is 1. The molecule has 0 aliphatic rings. The minimum atomic E-state index is 0.410. The zero-order valence-corrected chi connectivity index (χ0v) is 17.3. The van der Waals surface area contributed by atoms with Crippen LogP contribution in [0.25, 0.3) is 10.9 Å². The number of ether oxygens (including phenoxy) is 1. The molecule has 2 aromatic carbocycles. The van der Waals surface area contributed by atoms with E-state index in [-0.39, 0.29) is 0 Å². The minimum Gasteiger partial charge on any atom is -0.439 e. The van der Waals surface area contributed by atoms with Crippen LogP contribution in [0.2, 0.25) is 15.1 Å². The van der Waals surface area contributed by atoms with Crippen LogP contribution in [0, 0.1) is 0 Å². The molecule has 1 heterocycles. The van der Waals surface area contributed by atoms with Gasteiger partial charge in [0.2, 0.25) is 5.88 Å². The first-order valence-electron chi connectivity index (χ1n) is 8.42. The Morgan fingerprint density at radius 1 is 1.00 bits per heavy atom. The van der Waals surface area contributed by atoms with Crippen LogP contribution in [-0.2, 0) is 13.5 Å². The monoisotopic (exact) mass is 410 g/mol. The average molecular weight is 412 g/mol. The lowest BCUT2D eigenvalue weighted by Crippen LogP contribution is -2.13. The van der Waals surface area contributed by atoms with Crippen LogP contribution in [0.15, 0.2) is 36.4 Å². The number of nitrogens with zero attached hydrogens (tertiary/aromatic N) is 2. The van der Waals surface area contributed by atoms with Gasteiger partial charge in [-0.2, -0.15) is 0 Å². The zero-order valence-electron chi connectivity index (χ0n) is 15.0. The lowest BCUT2D eigenvalue weighted by molar-refractivity contribution is 0.396. The summed E-state index contributed by atoms with van der Waals surface area (Å²) in [7, 11) is 6.16. The Balaban J connectivity index is 2.04. The third-order valence-corrected chi connectivity index (χ3v) is 5.38. The molecule has 0 atom stereocenters. The van der Waals surface area contributed by atoms with E-state index in [2.05, 4.69) is 35.7 Å². The van der Waals surface area contributed by atoms with Gasteiger partial charge in [0, 0.05) is 24.1 Å². The number of hydrogen-bond donors (Lipinski definition) is 0. The van der Waals surface area contributed by atoms with Crippen molar-refractivity contribution in [1.29, 1.82) is 0 Å². The van der Waals surface area contributed by atoms with E-state index in [1.165, 1.54) is 10.9 Å². The Hall–Kier alpha value is -1.39. The summed E-state index contributed by atoms with van der Waals surface area (Å²) >= 11 is 18.5. The van der Waals surface area contributed by atoms with Gasteiger partial charge in [0.05, 0.1) is 20.6 Å². The Morgan fingerprint density at radius 3 is 2.42 bits per heavy atom. The van der Waals surface area contributed by atoms with Gasteiger partial charge in [0.15, 0.2) is 0 Å². The van der Waals surface area contributed by atoms with Crippen LogP contribution in [0.3, 0.4) is 0 Å². The van der Waals surface area contributed by atoms with E-state index in [0.717, 1.165) is 30.8 Å². The number of halogens is 3. The molecule has 3 aromatic rings. The molecule has 0 saturated carbocycles. The van der Waals surface area contributed by atoms with Crippen LogP contribution in [-0.4, -0.2) is 30.1 Å². The molecule has 0 N–H and O–H groups in total. The normalized spacial score (nSPS) is 11.5. The van der Waals surface area contributed by atoms with Gasteiger partial charge < -0.3 is 14.2 Å². The number of para-hydroxylation sites is 1. The molecular formula is C20H21Cl3N2O. The Labute approximate surface area is 169 Å². The van der Waals surface area contributed by atoms with Crippen molar-refractivity contribution in [3.63, 3.8) is 0 Å². The second-order valence-corrected chi connectivity index (χ2v) is 7.79. The van der Waals surface area contributed by atoms with Crippen molar-refractivity contribution < 1.29 is 4.74 Å². The van der Waals surface area contributed by atoms with E-state index in [1.807, 2.05) is 19.2 Å². The Bertz CT molecular complexity index is 934. The van der Waals surface area contributed by atoms with Crippen molar-refractivity contribution in [3.8, 4) is 11.6 Å². The van der Waals surface area contributed by atoms with E-state index >= 15 is 0 Å². The third-order valence-electron chi connectivity index (χ3n) is 4.37. The third kappa shape index (κ3) is 3.96. The molecule has 0 amide bonds. The van der Waals surface area contributed by atoms with Crippen LogP contribution < -0.4 is 4.74 Å². The van der Waals surface area contributed by atoms with Gasteiger partial charge >= 0.3 is 0 Å². The SMILES string of the molecule is CN(C)CCCc1c(Oc2cc(Cl)c(Cl)cc2Cl)n(C)c2ccccc12. The van der Waals surface area contributed by atoms with E-state index < -0.39 is 0 Å². The number of benzene rings is 2. The van der Waals surface area contributed by atoms with Crippen molar-refractivity contribution in [3.05, 3.63) is 57.0 Å². The summed E-state index contributed by atoms with van der Waals surface area (Å²) in [5, 5.41) is 2.45. The van der Waals surface area contributed by atoms with E-state index in [4.69, 9.17) is 39.5 Å². The van der Waals surface area contributed by atoms with Gasteiger partial charge in [0.25, 0.3) is 0 Å². The summed E-state index contributed by atoms with van der Waals surface area (Å²) in [4.78, 5) is 2.18. The second-order valence-electron chi connectivity index (χ2n) is 6.57. The molecule has 0 spiro atoms. The number of aryl methyl sites for hydroxylation is 2. The summed E-state index contributed by atoms with van der Waals surface area (Å²) in [6.07, 6.45) is 1.94. The maximum absolute atomic E-state index is 6.32. The van der Waals surface area contributed by atoms with Crippen molar-refractivity contribution in [2.24, 2.45) is 7.05 Å². The predicted octanol–water partition coefficient (Wildman–Crippen LogP) is 6.43. The van der Waals surface area contributed by atoms with Crippen molar-refractivity contribution in [2.45, 2.75) is 12.8 Å². The fourth-order valence-corrected chi connectivity index (χ4v) is 3.65. The molecule has 26 heavy (non-hydrogen) atoms. The highest BCUT2D eigenvalue weighted by molar-refractivity contribution is 6.43. The molecule has 138 valence electrons. The first-order chi connectivity index (χ1) is 12.4. The van der Waals surface area contributed by atoms with Gasteiger partial charge in [-0.25, -0.2) is 0 Å². The lowest BCUT2D eigenvalue weighted by Gasteiger charge is -2.13. The molecule has 0 unspecified atom stereocenters. The van der Waals surface area contributed by atoms with Crippen LogP contribution in [0.4, 0.5) is 0 Å². The smallest absolute Gasteiger partial charge is 0.204 e. The largest absolute Gasteiger partial charge is 0.439 e. The number of rotatable bonds is 6. The van der Waals surface area contributed by atoms with E-state index in [9.17, 15) is 0 Å². The Kier molecular flexibility index (Phi) is 6.03. The van der Waals surface area contributed by atoms with Gasteiger partial charge in [-0.15, -0.1) is 0 Å². The fraction of sp³-hybridized carbons (Fsp3) is 0.300. The lowest BCUT2D eigenvalue weighted by atomic mass is 10.1. The van der Waals surface area contributed by atoms with Crippen molar-refractivity contribution >= 4 is 45.7 Å². The molecule has 0 radical (unpaired) electrons. The predicted molar refractivity (Wildman–Crippen MR) is 111 cm³/mol. The quantitative estimate of drug-likeness (QED) is 0.435. The molecular weight excluding hydrogens is 391 g/mol. The Morgan fingerprint density at radius 2 is 1.69 bits per heavy atom. The summed E-state index contributed by atoms with van der Waals surface area (Å²) < 4.78 is 8.28. The molecule has 3 nitrogen and oxygen atoms in total. The first kappa shape index (κ1) is 19.4. The van der Waals surface area contributed by atoms with Crippen LogP contribution in [0.1, 0.15) is 12.0 Å². The van der Waals surface area contributed by atoms with E-state index in [0.29, 0.717) is 20.8 Å². The molecule has 0 fully saturated rings. The summed E-state index contributed by atoms with van der Waals surface area (Å²) in [6, 6.07) is 11.6. The van der Waals surface area contributed by atoms with Crippen molar-refractivity contribution in [1.82, 2.24) is 9.47 Å². The molecule has 6 heteroatoms. The molecule has 0 saturated heterocycles. The second kappa shape index (κ2) is 8.10. The highest BCUT2D eigenvalue weighted by atomic mass is 35.5. The summed E-state index contributed by atoms with van der Waals surface area (Å²) in [6.45, 7) is 1.01. The number of aromatic nitrogens is 1. The molecule has 0 aliphatic carbocycles. The zero-order chi connectivity index (χ0) is 18.8. The highest BCUT2D eigenvalue weighted by Crippen LogP contribution is 2.40.